The van der Waals surface area contributed by atoms with Crippen LogP contribution in [0.25, 0.3) is 21.8 Å². The number of thiol groups is 2. The summed E-state index contributed by atoms with van der Waals surface area (Å²) in [6.45, 7) is 13.6. The fourth-order valence-corrected chi connectivity index (χ4v) is 15.3. The van der Waals surface area contributed by atoms with Gasteiger partial charge in [-0.3, -0.25) is 91.1 Å². The Morgan fingerprint density at radius 3 is 1.30 bits per heavy atom. The maximum Gasteiger partial charge on any atom is 0.325 e. The fraction of sp³-hybridized carbons (Fsp3) is 0.544. The Bertz CT molecular complexity index is 5030. The molecule has 0 spiro atoms. The van der Waals surface area contributed by atoms with Gasteiger partial charge in [-0.15, -0.1) is 0 Å². The quantitative estimate of drug-likeness (QED) is 0.0165. The monoisotopic (exact) mass is 1940 g/mol. The van der Waals surface area contributed by atoms with Gasteiger partial charge in [-0.2, -0.15) is 25.3 Å². The van der Waals surface area contributed by atoms with Crippen molar-refractivity contribution in [1.29, 1.82) is 0 Å². The minimum Gasteiger partial charge on any atom is -0.508 e. The second kappa shape index (κ2) is 54.6. The Hall–Kier alpha value is -13.0. The molecule has 0 bridgehead atoms. The molecule has 3 heterocycles. The Kier molecular flexibility index (Phi) is 44.8. The van der Waals surface area contributed by atoms with Gasteiger partial charge in [-0.25, -0.2) is 0 Å². The van der Waals surface area contributed by atoms with Crippen molar-refractivity contribution in [2.24, 2.45) is 41.1 Å². The number of amides is 18. The van der Waals surface area contributed by atoms with Gasteiger partial charge in [0.25, 0.3) is 0 Å². The number of H-pyrrole nitrogens is 2. The average Bonchev–Trinajstić information content (AvgIpc) is 1.60. The highest BCUT2D eigenvalue weighted by Crippen LogP contribution is 2.25. The molecule has 15 atom stereocenters. The number of rotatable bonds is 55. The van der Waals surface area contributed by atoms with Gasteiger partial charge < -0.3 is 132 Å². The highest BCUT2D eigenvalue weighted by Gasteiger charge is 2.42. The summed E-state index contributed by atoms with van der Waals surface area (Å²) in [6.07, 6.45) is 2.31. The van der Waals surface area contributed by atoms with Gasteiger partial charge in [0.05, 0.1) is 38.9 Å². The number of carbonyl (C=O) groups excluding carboxylic acids is 18. The molecule has 136 heavy (non-hydrogen) atoms. The van der Waals surface area contributed by atoms with Crippen LogP contribution in [0.15, 0.2) is 85.2 Å². The van der Waals surface area contributed by atoms with E-state index in [1.54, 1.807) is 102 Å². The van der Waals surface area contributed by atoms with E-state index in [0.29, 0.717) is 38.5 Å². The largest absolute Gasteiger partial charge is 0.508 e. The molecule has 1 aliphatic heterocycles. The molecule has 0 radical (unpaired) electrons. The number of fused-ring (bicyclic) bond motifs is 2. The molecular formula is C90H131N21O23S2. The van der Waals surface area contributed by atoms with Crippen molar-refractivity contribution in [2.45, 2.75) is 231 Å². The number of carboxylic acid groups (broad SMARTS) is 1. The molecule has 46 heteroatoms. The third-order valence-electron chi connectivity index (χ3n) is 22.2. The first-order chi connectivity index (χ1) is 64.3. The number of phenols is 1. The molecule has 1 saturated heterocycles. The van der Waals surface area contributed by atoms with E-state index in [0.717, 1.165) is 0 Å². The molecule has 1 fully saturated rings. The summed E-state index contributed by atoms with van der Waals surface area (Å²) in [5.74, 6) is -20.3. The predicted molar refractivity (Wildman–Crippen MR) is 504 cm³/mol. The molecular weight excluding hydrogens is 1810 g/mol. The number of nitrogens with two attached hydrogens (primary N) is 2. The number of primary amides is 1. The number of nitrogens with zero attached hydrogens (tertiary/aromatic N) is 1. The molecule has 5 aromatic rings. The zero-order valence-electron chi connectivity index (χ0n) is 77.9. The topological polar surface area (TPSA) is 685 Å². The van der Waals surface area contributed by atoms with E-state index in [1.165, 1.54) is 49.9 Å². The Morgan fingerprint density at radius 1 is 0.426 bits per heavy atom. The highest BCUT2D eigenvalue weighted by atomic mass is 32.1. The third-order valence-corrected chi connectivity index (χ3v) is 22.9. The van der Waals surface area contributed by atoms with Crippen LogP contribution < -0.4 is 96.5 Å². The molecule has 2 aromatic heterocycles. The smallest absolute Gasteiger partial charge is 0.325 e. The van der Waals surface area contributed by atoms with E-state index in [9.17, 15) is 112 Å². The lowest BCUT2D eigenvalue weighted by Crippen LogP contribution is -2.61. The van der Waals surface area contributed by atoms with E-state index in [-0.39, 0.29) is 92.9 Å². The van der Waals surface area contributed by atoms with Crippen molar-refractivity contribution in [3.8, 4) is 5.75 Å². The van der Waals surface area contributed by atoms with Crippen LogP contribution in [0, 0.1) is 29.6 Å². The maximum atomic E-state index is 15.0. The number of nitrogens with one attached hydrogen (secondary N) is 18. The Balaban J connectivity index is 1.10. The maximum absolute atomic E-state index is 15.0. The van der Waals surface area contributed by atoms with Crippen LogP contribution in [0.5, 0.6) is 5.75 Å². The minimum atomic E-state index is -1.82. The van der Waals surface area contributed by atoms with Crippen molar-refractivity contribution in [3.63, 3.8) is 0 Å². The van der Waals surface area contributed by atoms with E-state index in [2.05, 4.69) is 120 Å². The van der Waals surface area contributed by atoms with Crippen molar-refractivity contribution < 1.29 is 112 Å². The van der Waals surface area contributed by atoms with Crippen LogP contribution in [-0.2, 0) is 110 Å². The standard InChI is InChI=1S/C90H131N21O23S2/c1-44(2)29-56(91)76(119)107-68(43-136)85(128)101-59(26-27-70(92)115)78(121)105-65(40-112)82(125)102-60(30-45(3)4)77(120)95-39-73(118)109-75(48(9)10)88(131)106-66(41-113)83(126)104-64(32-50-22-24-53(114)25-23-50)89(132)111-28-16-21-69(111)86(129)96-37-71(116)99-62(33-51-35-93-57-19-14-12-17-54(51)57)79(122)103-61(31-46(5)6)81(124)110-74(47(7)8)87(130)97-38-72(117)100-63(34-52-36-94-58-20-15-13-18-55(52)58)80(123)108-67(42-135)84(127)98-49(11)90(133)134/h12-15,17-20,22-25,35-36,44-49,56,59-69,74-75,93-94,112-114,135-136H,16,21,26-34,37-43,91H2,1-11H3,(H2,92,115)(H,95,120)(H,96,129)(H,97,130)(H,98,127)(H,99,116)(H,100,117)(H,101,128)(H,102,125)(H,103,122)(H,104,126)(H,105,121)(H,106,131)(H,107,119)(H,108,123)(H,109,118)(H,110,124)(H,133,134)/t49-,56-,59-,60-,61-,62-,63-,64-,65-,66-,67-,68-,69-,74-,75-/m0/s1. The van der Waals surface area contributed by atoms with Crippen LogP contribution in [0.3, 0.4) is 0 Å². The van der Waals surface area contributed by atoms with Crippen molar-refractivity contribution in [1.82, 2.24) is 99.9 Å². The van der Waals surface area contributed by atoms with Gasteiger partial charge >= 0.3 is 5.97 Å². The molecule has 3 aromatic carbocycles. The number of carboxylic acids is 1. The zero-order chi connectivity index (χ0) is 101. The number of hydrogen-bond donors (Lipinski definition) is 26. The minimum absolute atomic E-state index is 0.00930. The first-order valence-corrected chi connectivity index (χ1v) is 46.2. The van der Waals surface area contributed by atoms with E-state index in [4.69, 9.17) is 11.5 Å². The van der Waals surface area contributed by atoms with Gasteiger partial charge in [0.2, 0.25) is 106 Å². The van der Waals surface area contributed by atoms with Crippen LogP contribution in [0.1, 0.15) is 138 Å². The van der Waals surface area contributed by atoms with Gasteiger partial charge in [0, 0.05) is 77.9 Å². The summed E-state index contributed by atoms with van der Waals surface area (Å²) >= 11 is 8.34. The molecule has 6 rings (SSSR count). The molecule has 26 N–H and O–H groups in total. The van der Waals surface area contributed by atoms with Crippen LogP contribution in [0.4, 0.5) is 0 Å². The predicted octanol–water partition coefficient (Wildman–Crippen LogP) is -3.98. The number of benzene rings is 3. The molecule has 0 saturated carbocycles. The van der Waals surface area contributed by atoms with Crippen molar-refractivity contribution in [3.05, 3.63) is 102 Å². The van der Waals surface area contributed by atoms with Crippen LogP contribution >= 0.6 is 25.3 Å². The Morgan fingerprint density at radius 2 is 0.824 bits per heavy atom. The van der Waals surface area contributed by atoms with Crippen LogP contribution in [0.2, 0.25) is 0 Å². The van der Waals surface area contributed by atoms with E-state index >= 15 is 0 Å². The number of aliphatic carboxylic acids is 1. The van der Waals surface area contributed by atoms with E-state index < -0.39 is 260 Å². The summed E-state index contributed by atoms with van der Waals surface area (Å²) < 4.78 is 0. The SMILES string of the molecule is CC(C)C[C@H](NC(=O)[C@H](CO)NC(=O)[C@H](CCC(N)=O)NC(=O)[C@H](CS)NC(=O)[C@@H](N)CC(C)C)C(=O)NCC(=O)N[C@H](C(=O)N[C@@H](CO)C(=O)N[C@@H](Cc1ccc(O)cc1)C(=O)N1CCC[C@H]1C(=O)NCC(=O)N[C@@H](Cc1c[nH]c2ccccc12)C(=O)N[C@@H](CC(C)C)C(=O)N[C@H](C(=O)NCC(=O)N[C@@H](Cc1c[nH]c2ccccc12)C(=O)N[C@@H](CS)C(=O)N[C@@H](C)C(=O)O)C(C)C)C(C)C. The molecule has 0 aliphatic carbocycles. The lowest BCUT2D eigenvalue weighted by molar-refractivity contribution is -0.142. The first-order valence-electron chi connectivity index (χ1n) is 44.9. The number of aromatic hydroxyl groups is 1. The van der Waals surface area contributed by atoms with Crippen molar-refractivity contribution in [2.75, 3.05) is 50.9 Å². The average molecular weight is 1940 g/mol. The lowest BCUT2D eigenvalue weighted by atomic mass is 9.99. The fourth-order valence-electron chi connectivity index (χ4n) is 14.8. The second-order valence-corrected chi connectivity index (χ2v) is 36.1. The number of aromatic amines is 2. The van der Waals surface area contributed by atoms with Crippen LogP contribution in [-0.4, -0.2) is 289 Å². The van der Waals surface area contributed by atoms with E-state index in [1.807, 2.05) is 13.8 Å². The zero-order valence-corrected chi connectivity index (χ0v) is 79.7. The molecule has 1 aliphatic rings. The lowest BCUT2D eigenvalue weighted by Gasteiger charge is -2.30. The summed E-state index contributed by atoms with van der Waals surface area (Å²) in [7, 11) is 0. The molecule has 0 unspecified atom stereocenters. The number of aliphatic hydroxyl groups excluding tert-OH is 2. The van der Waals surface area contributed by atoms with Crippen molar-refractivity contribution >= 4 is 159 Å². The number of likely N-dealkylation sites (tertiary alicyclic amines) is 1. The second-order valence-electron chi connectivity index (χ2n) is 35.4. The van der Waals surface area contributed by atoms with Gasteiger partial charge in [-0.1, -0.05) is 118 Å². The third kappa shape index (κ3) is 35.1. The number of para-hydroxylation sites is 2. The highest BCUT2D eigenvalue weighted by molar-refractivity contribution is 7.80. The summed E-state index contributed by atoms with van der Waals surface area (Å²) in [6, 6.07) is -1.68. The number of aromatic nitrogens is 2. The number of phenolic OH excluding ortho intramolecular Hbond substituents is 1. The normalized spacial score (nSPS) is 15.6. The summed E-state index contributed by atoms with van der Waals surface area (Å²) in [5, 5.41) is 82.0. The molecule has 44 nitrogen and oxygen atoms in total. The molecule has 18 amide bonds. The van der Waals surface area contributed by atoms with Gasteiger partial charge in [-0.05, 0) is 116 Å². The molecule has 746 valence electrons. The summed E-state index contributed by atoms with van der Waals surface area (Å²) in [4.78, 5) is 269. The van der Waals surface area contributed by atoms with Gasteiger partial charge in [0.15, 0.2) is 0 Å². The number of aliphatic hydroxyl groups is 2. The Labute approximate surface area is 797 Å². The number of hydrogen-bond acceptors (Lipinski definition) is 25. The first kappa shape index (κ1) is 112. The summed E-state index contributed by atoms with van der Waals surface area (Å²) in [5.41, 5.74) is 14.3. The van der Waals surface area contributed by atoms with Gasteiger partial charge in [0.1, 0.15) is 90.3 Å². The number of carbonyl (C=O) groups is 19.